The maximum Gasteiger partial charge on any atom is 0.333 e. The van der Waals surface area contributed by atoms with Gasteiger partial charge in [-0.3, -0.25) is 42.9 Å². The lowest BCUT2D eigenvalue weighted by Gasteiger charge is -2.37. The molecular formula is C55H55F2N11O14P2. The SMILES string of the molecule is COc1ccc(C(OC[C@H]2O[C@@H](n3cnc4c(NC(=O)c5ccccc5)ncnc43)[C@@H](F)[C@@H]2OP(OCCC#N)OC[C@H]2O[C@@H](n3cnc4c(=O)[nH]c(NC(=O)C(C)C)nc43)[C@H](O[PH](=O)O)[C@@H]2F)(c2ccccc2)c2ccc(OC)cc2)cc1. The number of hydrogen-bond acceptors (Lipinski definition) is 19. The molecule has 2 unspecified atom stereocenters. The van der Waals surface area contributed by atoms with Crippen molar-refractivity contribution in [3.63, 3.8) is 0 Å². The Kier molecular flexibility index (Phi) is 18.5. The second-order valence-corrected chi connectivity index (χ2v) is 21.2. The van der Waals surface area contributed by atoms with Gasteiger partial charge in [-0.2, -0.15) is 10.2 Å². The second kappa shape index (κ2) is 26.3. The van der Waals surface area contributed by atoms with E-state index >= 15 is 8.78 Å². The molecule has 2 amide bonds. The van der Waals surface area contributed by atoms with E-state index in [-0.39, 0.29) is 47.1 Å². The number of benzene rings is 4. The maximum absolute atomic E-state index is 18.0. The van der Waals surface area contributed by atoms with Crippen molar-refractivity contribution >= 4 is 62.8 Å². The van der Waals surface area contributed by atoms with Crippen LogP contribution in [0.3, 0.4) is 0 Å². The molecule has 8 aromatic rings. The Morgan fingerprint density at radius 2 is 1.40 bits per heavy atom. The van der Waals surface area contributed by atoms with Crippen molar-refractivity contribution < 1.29 is 69.6 Å². The largest absolute Gasteiger partial charge is 0.497 e. The van der Waals surface area contributed by atoms with Crippen LogP contribution in [0.15, 0.2) is 133 Å². The Balaban J connectivity index is 0.995. The number of nitrogens with zero attached hydrogens (tertiary/aromatic N) is 8. The lowest BCUT2D eigenvalue weighted by atomic mass is 9.80. The molecule has 0 spiro atoms. The smallest absolute Gasteiger partial charge is 0.333 e. The molecule has 0 bridgehead atoms. The number of imidazole rings is 2. The van der Waals surface area contributed by atoms with Crippen LogP contribution in [0.1, 0.15) is 59.8 Å². The monoisotopic (exact) mass is 1190 g/mol. The van der Waals surface area contributed by atoms with Gasteiger partial charge in [-0.25, -0.2) is 28.7 Å². The molecule has 29 heteroatoms. The molecule has 438 valence electrons. The van der Waals surface area contributed by atoms with Crippen LogP contribution in [0.5, 0.6) is 11.5 Å². The van der Waals surface area contributed by atoms with Gasteiger partial charge in [0.1, 0.15) is 47.8 Å². The predicted octanol–water partition coefficient (Wildman–Crippen LogP) is 7.63. The summed E-state index contributed by atoms with van der Waals surface area (Å²) in [6.45, 7) is 1.77. The Hall–Kier alpha value is -7.99. The van der Waals surface area contributed by atoms with Gasteiger partial charge in [0.15, 0.2) is 52.9 Å². The fraction of sp³-hybridized carbons (Fsp3) is 0.327. The van der Waals surface area contributed by atoms with Crippen molar-refractivity contribution in [1.29, 1.82) is 5.26 Å². The number of anilines is 2. The van der Waals surface area contributed by atoms with Gasteiger partial charge in [-0.05, 0) is 53.1 Å². The standard InChI is InChI=1S/C55H55F2N11O14P2/c1-31(2)49(69)65-54-64-48-43(51(71)66-54)62-30-68(48)53-45(81-83(72)73)40(56)38(79-53)27-78-84(77-25-11-24-58)82-44-39(80-52(41(44)57)67-29-61-42-46(59-28-60-47(42)67)63-50(70)32-12-7-5-8-13-32)26-76-55(33-14-9-6-10-15-33,34-16-20-36(74-3)21-17-34)35-18-22-37(75-4)23-19-35/h5-10,12-23,28-31,38-41,44-45,52-53,83H,11,25-27H2,1-4H3,(H,72,73)(H,59,60,63,70)(H2,64,65,66,69,71)/t38-,39-,40-,41+,44-,45-,52-,53-,84?/m1/s1. The molecule has 10 rings (SSSR count). The minimum Gasteiger partial charge on any atom is -0.497 e. The third-order valence-corrected chi connectivity index (χ3v) is 15.4. The second-order valence-electron chi connectivity index (χ2n) is 19.3. The van der Waals surface area contributed by atoms with E-state index in [2.05, 4.69) is 40.5 Å². The van der Waals surface area contributed by atoms with Crippen molar-refractivity contribution in [3.05, 3.63) is 161 Å². The highest BCUT2D eigenvalue weighted by Crippen LogP contribution is 2.50. The zero-order chi connectivity index (χ0) is 59.1. The highest BCUT2D eigenvalue weighted by molar-refractivity contribution is 7.41. The summed E-state index contributed by atoms with van der Waals surface area (Å²) in [5, 5.41) is 14.8. The van der Waals surface area contributed by atoms with Crippen LogP contribution in [-0.2, 0) is 47.3 Å². The number of aromatic nitrogens is 8. The molecule has 4 N–H and O–H groups in total. The van der Waals surface area contributed by atoms with E-state index in [4.69, 9.17) is 41.8 Å². The summed E-state index contributed by atoms with van der Waals surface area (Å²) in [6.07, 6.45) is -10.7. The van der Waals surface area contributed by atoms with Crippen molar-refractivity contribution in [2.45, 2.75) is 75.1 Å². The van der Waals surface area contributed by atoms with Crippen molar-refractivity contribution in [3.8, 4) is 17.6 Å². The van der Waals surface area contributed by atoms with Crippen molar-refractivity contribution in [2.24, 2.45) is 5.92 Å². The number of carbonyl (C=O) groups is 2. The summed E-state index contributed by atoms with van der Waals surface area (Å²) in [5.41, 5.74) is -0.267. The topological polar surface area (TPSA) is 310 Å². The van der Waals surface area contributed by atoms with Gasteiger partial charge in [0.05, 0.1) is 59.2 Å². The molecule has 2 aliphatic heterocycles. The number of hydrogen-bond donors (Lipinski definition) is 4. The summed E-state index contributed by atoms with van der Waals surface area (Å²) in [5.74, 6) is -0.598. The Morgan fingerprint density at radius 3 is 2.04 bits per heavy atom. The molecule has 0 saturated carbocycles. The molecule has 10 atom stereocenters. The molecule has 25 nitrogen and oxygen atoms in total. The highest BCUT2D eigenvalue weighted by Gasteiger charge is 2.53. The summed E-state index contributed by atoms with van der Waals surface area (Å²) in [6, 6.07) is 34.1. The molecule has 84 heavy (non-hydrogen) atoms. The van der Waals surface area contributed by atoms with E-state index in [9.17, 15) is 29.1 Å². The number of nitriles is 1. The number of ether oxygens (including phenoxy) is 5. The number of amides is 2. The first-order valence-electron chi connectivity index (χ1n) is 26.1. The van der Waals surface area contributed by atoms with Crippen LogP contribution in [-0.4, -0.2) is 127 Å². The van der Waals surface area contributed by atoms with Crippen LogP contribution >= 0.6 is 16.9 Å². The summed E-state index contributed by atoms with van der Waals surface area (Å²) in [4.78, 5) is 72.9. The molecular weight excluding hydrogens is 1140 g/mol. The number of methoxy groups -OCH3 is 2. The third-order valence-electron chi connectivity index (χ3n) is 13.7. The van der Waals surface area contributed by atoms with Gasteiger partial charge in [0, 0.05) is 11.5 Å². The molecule has 0 radical (unpaired) electrons. The first-order chi connectivity index (χ1) is 40.7. The minimum absolute atomic E-state index is 0.0239. The first kappa shape index (κ1) is 59.2. The van der Waals surface area contributed by atoms with Crippen LogP contribution in [0.2, 0.25) is 0 Å². The van der Waals surface area contributed by atoms with Crippen LogP contribution in [0.4, 0.5) is 20.5 Å². The Bertz CT molecular complexity index is 3670. The first-order valence-corrected chi connectivity index (χ1v) is 28.5. The van der Waals surface area contributed by atoms with Gasteiger partial charge in [0.25, 0.3) is 11.5 Å². The molecule has 6 heterocycles. The molecule has 4 aromatic heterocycles. The molecule has 2 saturated heterocycles. The average molecular weight is 1190 g/mol. The summed E-state index contributed by atoms with van der Waals surface area (Å²) >= 11 is 0. The van der Waals surface area contributed by atoms with E-state index in [1.807, 2.05) is 60.7 Å². The van der Waals surface area contributed by atoms with Crippen molar-refractivity contribution in [2.75, 3.05) is 44.7 Å². The lowest BCUT2D eigenvalue weighted by molar-refractivity contribution is -0.118. The molecule has 0 aliphatic carbocycles. The van der Waals surface area contributed by atoms with Crippen LogP contribution in [0.25, 0.3) is 22.3 Å². The number of rotatable bonds is 24. The van der Waals surface area contributed by atoms with E-state index in [0.717, 1.165) is 10.9 Å². The van der Waals surface area contributed by atoms with Gasteiger partial charge >= 0.3 is 16.9 Å². The summed E-state index contributed by atoms with van der Waals surface area (Å²) < 4.78 is 104. The van der Waals surface area contributed by atoms with Crippen LogP contribution in [0, 0.1) is 17.2 Å². The number of alkyl halides is 2. The molecule has 4 aromatic carbocycles. The molecule has 2 fully saturated rings. The van der Waals surface area contributed by atoms with E-state index in [1.54, 1.807) is 82.7 Å². The number of aromatic amines is 1. The fourth-order valence-corrected chi connectivity index (χ4v) is 11.2. The van der Waals surface area contributed by atoms with Crippen LogP contribution < -0.4 is 25.7 Å². The van der Waals surface area contributed by atoms with Gasteiger partial charge < -0.3 is 47.5 Å². The zero-order valence-corrected chi connectivity index (χ0v) is 47.1. The van der Waals surface area contributed by atoms with E-state index < -0.39 is 108 Å². The normalized spacial score (nSPS) is 21.3. The predicted molar refractivity (Wildman–Crippen MR) is 297 cm³/mol. The fourth-order valence-electron chi connectivity index (χ4n) is 9.58. The number of H-pyrrole nitrogens is 1. The third kappa shape index (κ3) is 12.4. The number of carbonyl (C=O) groups excluding carboxylic acids is 2. The average Bonchev–Trinajstić information content (AvgIpc) is 2.91. The summed E-state index contributed by atoms with van der Waals surface area (Å²) in [7, 11) is -3.60. The van der Waals surface area contributed by atoms with Gasteiger partial charge in [-0.1, -0.05) is 86.6 Å². The highest BCUT2D eigenvalue weighted by atomic mass is 31.2. The number of halogens is 2. The number of nitrogens with one attached hydrogen (secondary N) is 3. The quantitative estimate of drug-likeness (QED) is 0.0257. The van der Waals surface area contributed by atoms with Gasteiger partial charge in [-0.15, -0.1) is 0 Å². The zero-order valence-electron chi connectivity index (χ0n) is 45.2. The van der Waals surface area contributed by atoms with E-state index in [1.165, 1.54) is 17.2 Å². The number of fused-ring (bicyclic) bond motifs is 2. The minimum atomic E-state index is -3.87. The molecule has 2 aliphatic rings. The van der Waals surface area contributed by atoms with E-state index in [0.29, 0.717) is 33.8 Å². The Morgan fingerprint density at radius 1 is 0.786 bits per heavy atom. The Labute approximate surface area is 479 Å². The lowest BCUT2D eigenvalue weighted by Crippen LogP contribution is -2.40. The van der Waals surface area contributed by atoms with Gasteiger partial charge in [0.2, 0.25) is 11.9 Å². The maximum atomic E-state index is 18.0. The van der Waals surface area contributed by atoms with Crippen molar-refractivity contribution in [1.82, 2.24) is 39.0 Å².